The highest BCUT2D eigenvalue weighted by Crippen LogP contribution is 2.22. The number of pyridine rings is 1. The molecule has 2 saturated heterocycles. The van der Waals surface area contributed by atoms with Gasteiger partial charge >= 0.3 is 6.03 Å². The molecule has 0 spiro atoms. The predicted molar refractivity (Wildman–Crippen MR) is 99.7 cm³/mol. The molecule has 0 aromatic carbocycles. The van der Waals surface area contributed by atoms with Gasteiger partial charge in [0.15, 0.2) is 0 Å². The van der Waals surface area contributed by atoms with E-state index in [0.717, 1.165) is 55.5 Å². The van der Waals surface area contributed by atoms with Gasteiger partial charge in [0.25, 0.3) is 0 Å². The molecule has 1 N–H and O–H groups in total. The zero-order valence-electron chi connectivity index (χ0n) is 14.6. The lowest BCUT2D eigenvalue weighted by Crippen LogP contribution is -2.46. The molecular weight excluding hydrogens is 322 g/mol. The lowest BCUT2D eigenvalue weighted by Gasteiger charge is -2.34. The summed E-state index contributed by atoms with van der Waals surface area (Å²) >= 11 is 1.92. The first-order valence-corrected chi connectivity index (χ1v) is 9.76. The molecule has 2 aliphatic rings. The number of carbonyl (C=O) groups is 1. The lowest BCUT2D eigenvalue weighted by atomic mass is 10.2. The van der Waals surface area contributed by atoms with Crippen molar-refractivity contribution in [3.63, 3.8) is 0 Å². The van der Waals surface area contributed by atoms with Crippen LogP contribution in [0.2, 0.25) is 0 Å². The molecule has 24 heavy (non-hydrogen) atoms. The largest absolute Gasteiger partial charge is 0.354 e. The zero-order chi connectivity index (χ0) is 16.9. The minimum absolute atomic E-state index is 0.00989. The molecule has 1 atom stereocenters. The molecule has 6 nitrogen and oxygen atoms in total. The second-order valence-electron chi connectivity index (χ2n) is 6.56. The number of urea groups is 1. The highest BCUT2D eigenvalue weighted by Gasteiger charge is 2.24. The van der Waals surface area contributed by atoms with E-state index < -0.39 is 0 Å². The number of likely N-dealkylation sites (N-methyl/N-ethyl adjacent to an activating group) is 1. The van der Waals surface area contributed by atoms with Gasteiger partial charge in [0.2, 0.25) is 0 Å². The van der Waals surface area contributed by atoms with Crippen molar-refractivity contribution in [1.29, 1.82) is 0 Å². The topological polar surface area (TPSA) is 51.7 Å². The predicted octanol–water partition coefficient (Wildman–Crippen LogP) is 1.48. The number of carbonyl (C=O) groups excluding carboxylic acids is 1. The summed E-state index contributed by atoms with van der Waals surface area (Å²) in [7, 11) is 4.05. The van der Waals surface area contributed by atoms with E-state index in [1.807, 2.05) is 36.0 Å². The van der Waals surface area contributed by atoms with Crippen molar-refractivity contribution < 1.29 is 4.79 Å². The smallest absolute Gasteiger partial charge is 0.317 e. The Kier molecular flexibility index (Phi) is 5.84. The minimum Gasteiger partial charge on any atom is -0.354 e. The van der Waals surface area contributed by atoms with E-state index in [1.165, 1.54) is 0 Å². The molecule has 0 saturated carbocycles. The quantitative estimate of drug-likeness (QED) is 0.892. The summed E-state index contributed by atoms with van der Waals surface area (Å²) in [5.74, 6) is 3.20. The van der Waals surface area contributed by atoms with Crippen molar-refractivity contribution in [2.45, 2.75) is 19.0 Å². The van der Waals surface area contributed by atoms with Crippen LogP contribution in [0.5, 0.6) is 0 Å². The number of nitrogens with one attached hydrogen (secondary N) is 1. The van der Waals surface area contributed by atoms with E-state index in [-0.39, 0.29) is 6.03 Å². The third-order valence-corrected chi connectivity index (χ3v) is 6.02. The van der Waals surface area contributed by atoms with Crippen LogP contribution in [-0.2, 0) is 6.54 Å². The number of aromatic nitrogens is 1. The van der Waals surface area contributed by atoms with Gasteiger partial charge < -0.3 is 20.0 Å². The maximum atomic E-state index is 12.4. The van der Waals surface area contributed by atoms with Crippen LogP contribution in [0, 0.1) is 0 Å². The van der Waals surface area contributed by atoms with Gasteiger partial charge in [-0.25, -0.2) is 9.78 Å². The van der Waals surface area contributed by atoms with Crippen molar-refractivity contribution in [3.05, 3.63) is 23.9 Å². The summed E-state index contributed by atoms with van der Waals surface area (Å²) in [5.41, 5.74) is 1.09. The summed E-state index contributed by atoms with van der Waals surface area (Å²) in [5, 5.41) is 3.06. The molecule has 1 aromatic heterocycles. The fraction of sp³-hybridized carbons (Fsp3) is 0.647. The molecule has 1 aromatic rings. The number of anilines is 1. The van der Waals surface area contributed by atoms with Crippen LogP contribution < -0.4 is 10.2 Å². The van der Waals surface area contributed by atoms with Crippen molar-refractivity contribution >= 4 is 23.6 Å². The first kappa shape index (κ1) is 17.4. The SMILES string of the molecule is CN1CCN(c2ncccc2CNC(=O)N(C)C2CCSC2)CC1. The van der Waals surface area contributed by atoms with Gasteiger partial charge in [-0.15, -0.1) is 0 Å². The zero-order valence-corrected chi connectivity index (χ0v) is 15.4. The Morgan fingerprint density at radius 2 is 2.21 bits per heavy atom. The molecule has 0 aliphatic carbocycles. The second-order valence-corrected chi connectivity index (χ2v) is 7.71. The van der Waals surface area contributed by atoms with Crippen molar-refractivity contribution in [3.8, 4) is 0 Å². The highest BCUT2D eigenvalue weighted by molar-refractivity contribution is 7.99. The maximum absolute atomic E-state index is 12.4. The summed E-state index contributed by atoms with van der Waals surface area (Å²) < 4.78 is 0. The van der Waals surface area contributed by atoms with Crippen molar-refractivity contribution in [2.75, 3.05) is 56.7 Å². The molecule has 3 heterocycles. The van der Waals surface area contributed by atoms with Crippen LogP contribution in [0.25, 0.3) is 0 Å². The summed E-state index contributed by atoms with van der Waals surface area (Å²) in [6.07, 6.45) is 2.93. The van der Waals surface area contributed by atoms with Crippen LogP contribution in [0.3, 0.4) is 0 Å². The van der Waals surface area contributed by atoms with Crippen LogP contribution in [-0.4, -0.2) is 78.6 Å². The molecule has 2 fully saturated rings. The molecule has 2 aliphatic heterocycles. The van der Waals surface area contributed by atoms with Crippen LogP contribution in [0.1, 0.15) is 12.0 Å². The Morgan fingerprint density at radius 1 is 1.42 bits per heavy atom. The molecule has 132 valence electrons. The first-order valence-electron chi connectivity index (χ1n) is 8.61. The molecular formula is C17H27N5OS. The maximum Gasteiger partial charge on any atom is 0.317 e. The Hall–Kier alpha value is -1.47. The third-order valence-electron chi connectivity index (χ3n) is 4.87. The molecule has 3 rings (SSSR count). The Morgan fingerprint density at radius 3 is 2.92 bits per heavy atom. The fourth-order valence-corrected chi connectivity index (χ4v) is 4.43. The van der Waals surface area contributed by atoms with Crippen molar-refractivity contribution in [2.24, 2.45) is 0 Å². The van der Waals surface area contributed by atoms with E-state index in [0.29, 0.717) is 12.6 Å². The van der Waals surface area contributed by atoms with Gasteiger partial charge in [-0.3, -0.25) is 0 Å². The third kappa shape index (κ3) is 4.13. The van der Waals surface area contributed by atoms with Gasteiger partial charge in [-0.2, -0.15) is 11.8 Å². The Balaban J connectivity index is 1.59. The summed E-state index contributed by atoms with van der Waals surface area (Å²) in [6, 6.07) is 4.38. The van der Waals surface area contributed by atoms with Crippen LogP contribution >= 0.6 is 11.8 Å². The second kappa shape index (κ2) is 8.07. The van der Waals surface area contributed by atoms with Gasteiger partial charge in [0, 0.05) is 63.3 Å². The average Bonchev–Trinajstić information content (AvgIpc) is 3.14. The van der Waals surface area contributed by atoms with Gasteiger partial charge in [-0.1, -0.05) is 6.07 Å². The molecule has 2 amide bonds. The average molecular weight is 350 g/mol. The Labute approximate surface area is 148 Å². The van der Waals surface area contributed by atoms with E-state index in [9.17, 15) is 4.79 Å². The molecule has 1 unspecified atom stereocenters. The Bertz CT molecular complexity index is 556. The van der Waals surface area contributed by atoms with Gasteiger partial charge in [0.05, 0.1) is 0 Å². The van der Waals surface area contributed by atoms with Crippen LogP contribution in [0.15, 0.2) is 18.3 Å². The van der Waals surface area contributed by atoms with E-state index in [1.54, 1.807) is 0 Å². The first-order chi connectivity index (χ1) is 11.6. The highest BCUT2D eigenvalue weighted by atomic mass is 32.2. The molecule has 0 radical (unpaired) electrons. The van der Waals surface area contributed by atoms with E-state index in [4.69, 9.17) is 0 Å². The number of amides is 2. The summed E-state index contributed by atoms with van der Waals surface area (Å²) in [4.78, 5) is 23.5. The number of nitrogens with zero attached hydrogens (tertiary/aromatic N) is 4. The number of rotatable bonds is 4. The number of piperazine rings is 1. The number of hydrogen-bond donors (Lipinski definition) is 1. The van der Waals surface area contributed by atoms with E-state index >= 15 is 0 Å². The molecule has 7 heteroatoms. The molecule has 0 bridgehead atoms. The summed E-state index contributed by atoms with van der Waals surface area (Å²) in [6.45, 7) is 4.58. The van der Waals surface area contributed by atoms with Gasteiger partial charge in [0.1, 0.15) is 5.82 Å². The number of hydrogen-bond acceptors (Lipinski definition) is 5. The minimum atomic E-state index is 0.00989. The van der Waals surface area contributed by atoms with Crippen molar-refractivity contribution in [1.82, 2.24) is 20.1 Å². The number of thioether (sulfide) groups is 1. The monoisotopic (exact) mass is 349 g/mol. The van der Waals surface area contributed by atoms with E-state index in [2.05, 4.69) is 33.2 Å². The van der Waals surface area contributed by atoms with Crippen LogP contribution in [0.4, 0.5) is 10.6 Å². The fourth-order valence-electron chi connectivity index (χ4n) is 3.16. The normalized spacial score (nSPS) is 21.8. The standard InChI is InChI=1S/C17H27N5OS/c1-20-7-9-22(10-8-20)16-14(4-3-6-18-16)12-19-17(23)21(2)15-5-11-24-13-15/h3-4,6,15H,5,7-13H2,1-2H3,(H,19,23). The lowest BCUT2D eigenvalue weighted by molar-refractivity contribution is 0.194. The van der Waals surface area contributed by atoms with Gasteiger partial charge in [-0.05, 0) is 25.3 Å².